The van der Waals surface area contributed by atoms with E-state index in [1.807, 2.05) is 30.5 Å². The minimum Gasteiger partial charge on any atom is -0.218 e. The Morgan fingerprint density at radius 3 is 2.93 bits per heavy atom. The summed E-state index contributed by atoms with van der Waals surface area (Å²) in [6, 6.07) is 7.95. The normalized spacial score (nSPS) is 11.3. The summed E-state index contributed by atoms with van der Waals surface area (Å²) in [5, 5.41) is 13.8. The van der Waals surface area contributed by atoms with Crippen LogP contribution in [-0.4, -0.2) is 19.8 Å². The van der Waals surface area contributed by atoms with E-state index in [-0.39, 0.29) is 0 Å². The molecule has 2 heterocycles. The fraction of sp³-hybridized carbons (Fsp3) is 0.182. The van der Waals surface area contributed by atoms with Gasteiger partial charge in [0, 0.05) is 5.39 Å². The summed E-state index contributed by atoms with van der Waals surface area (Å²) in [6.07, 6.45) is 2.81. The first kappa shape index (κ1) is 8.35. The van der Waals surface area contributed by atoms with Crippen LogP contribution in [0.2, 0.25) is 0 Å². The largest absolute Gasteiger partial charge is 0.218 e. The van der Waals surface area contributed by atoms with Crippen LogP contribution in [-0.2, 0) is 6.42 Å². The Hall–Kier alpha value is -1.97. The molecular weight excluding hydrogens is 188 g/mol. The van der Waals surface area contributed by atoms with Gasteiger partial charge < -0.3 is 0 Å². The molecule has 15 heavy (non-hydrogen) atoms. The quantitative estimate of drug-likeness (QED) is 0.599. The Morgan fingerprint density at radius 2 is 2.07 bits per heavy atom. The number of fused-ring (bicyclic) bond motifs is 3. The molecule has 0 saturated heterocycles. The van der Waals surface area contributed by atoms with E-state index in [9.17, 15) is 0 Å². The molecule has 2 aromatic heterocycles. The van der Waals surface area contributed by atoms with Gasteiger partial charge in [0.2, 0.25) is 0 Å². The van der Waals surface area contributed by atoms with Gasteiger partial charge in [0.15, 0.2) is 5.65 Å². The van der Waals surface area contributed by atoms with Gasteiger partial charge >= 0.3 is 0 Å². The van der Waals surface area contributed by atoms with E-state index in [1.54, 1.807) is 4.52 Å². The summed E-state index contributed by atoms with van der Waals surface area (Å²) in [6.45, 7) is 2.05. The van der Waals surface area contributed by atoms with Gasteiger partial charge in [-0.3, -0.25) is 0 Å². The molecule has 3 aromatic rings. The predicted molar refractivity (Wildman–Crippen MR) is 57.7 cm³/mol. The Bertz CT molecular complexity index is 627. The molecule has 0 saturated carbocycles. The highest BCUT2D eigenvalue weighted by atomic mass is 15.3. The molecule has 0 aliphatic rings. The lowest BCUT2D eigenvalue weighted by atomic mass is 10.2. The maximum atomic E-state index is 4.44. The second-order valence-corrected chi connectivity index (χ2v) is 3.46. The third kappa shape index (κ3) is 1.18. The molecule has 4 nitrogen and oxygen atoms in total. The van der Waals surface area contributed by atoms with Crippen molar-refractivity contribution in [1.82, 2.24) is 19.8 Å². The third-order valence-corrected chi connectivity index (χ3v) is 2.48. The van der Waals surface area contributed by atoms with Gasteiger partial charge in [-0.1, -0.05) is 19.1 Å². The zero-order chi connectivity index (χ0) is 10.3. The van der Waals surface area contributed by atoms with Crippen molar-refractivity contribution in [3.63, 3.8) is 0 Å². The molecule has 0 bridgehead atoms. The summed E-state index contributed by atoms with van der Waals surface area (Å²) in [7, 11) is 0. The lowest BCUT2D eigenvalue weighted by Crippen LogP contribution is -1.97. The first-order valence-corrected chi connectivity index (χ1v) is 4.98. The van der Waals surface area contributed by atoms with E-state index in [0.29, 0.717) is 0 Å². The number of hydrogen-bond donors (Lipinski definition) is 0. The molecule has 0 N–H and O–H groups in total. The highest BCUT2D eigenvalue weighted by molar-refractivity contribution is 5.91. The summed E-state index contributed by atoms with van der Waals surface area (Å²) < 4.78 is 1.80. The molecule has 0 aliphatic carbocycles. The van der Waals surface area contributed by atoms with E-state index >= 15 is 0 Å². The summed E-state index contributed by atoms with van der Waals surface area (Å²) in [5.74, 6) is 0. The Labute approximate surface area is 86.6 Å². The van der Waals surface area contributed by atoms with Crippen LogP contribution in [0.4, 0.5) is 0 Å². The summed E-state index contributed by atoms with van der Waals surface area (Å²) in [4.78, 5) is 0. The molecule has 0 radical (unpaired) electrons. The molecule has 0 atom stereocenters. The van der Waals surface area contributed by atoms with Crippen LogP contribution in [0.1, 0.15) is 12.6 Å². The van der Waals surface area contributed by atoms with Gasteiger partial charge in [0.05, 0.1) is 17.4 Å². The van der Waals surface area contributed by atoms with Crippen LogP contribution in [0, 0.1) is 0 Å². The van der Waals surface area contributed by atoms with Crippen molar-refractivity contribution in [1.29, 1.82) is 0 Å². The van der Waals surface area contributed by atoms with Gasteiger partial charge in [0.1, 0.15) is 0 Å². The fourth-order valence-electron chi connectivity index (χ4n) is 1.67. The molecule has 0 amide bonds. The van der Waals surface area contributed by atoms with Crippen molar-refractivity contribution in [2.45, 2.75) is 13.3 Å². The Balaban J connectivity index is 2.43. The number of rotatable bonds is 1. The van der Waals surface area contributed by atoms with Crippen LogP contribution < -0.4 is 0 Å². The molecule has 3 rings (SSSR count). The van der Waals surface area contributed by atoms with Crippen LogP contribution in [0.5, 0.6) is 0 Å². The van der Waals surface area contributed by atoms with Crippen LogP contribution >= 0.6 is 0 Å². The second-order valence-electron chi connectivity index (χ2n) is 3.46. The van der Waals surface area contributed by atoms with E-state index in [0.717, 1.165) is 28.7 Å². The first-order chi connectivity index (χ1) is 7.38. The molecule has 1 aromatic carbocycles. The van der Waals surface area contributed by atoms with E-state index in [2.05, 4.69) is 22.2 Å². The first-order valence-electron chi connectivity index (χ1n) is 4.98. The smallest absolute Gasteiger partial charge is 0.185 e. The zero-order valence-corrected chi connectivity index (χ0v) is 8.38. The lowest BCUT2D eigenvalue weighted by Gasteiger charge is -1.94. The van der Waals surface area contributed by atoms with Gasteiger partial charge in [-0.2, -0.15) is 10.2 Å². The lowest BCUT2D eigenvalue weighted by molar-refractivity contribution is 0.840. The van der Waals surface area contributed by atoms with Crippen molar-refractivity contribution >= 4 is 16.6 Å². The van der Waals surface area contributed by atoms with E-state index in [1.165, 1.54) is 0 Å². The average molecular weight is 198 g/mol. The second kappa shape index (κ2) is 3.02. The molecule has 74 valence electrons. The van der Waals surface area contributed by atoms with Crippen molar-refractivity contribution in [2.75, 3.05) is 0 Å². The van der Waals surface area contributed by atoms with Crippen LogP contribution in [0.3, 0.4) is 0 Å². The number of hydrogen-bond acceptors (Lipinski definition) is 3. The predicted octanol–water partition coefficient (Wildman–Crippen LogP) is 1.84. The molecule has 0 spiro atoms. The van der Waals surface area contributed by atoms with Gasteiger partial charge in [0.25, 0.3) is 0 Å². The molecule has 0 unspecified atom stereocenters. The third-order valence-electron chi connectivity index (χ3n) is 2.48. The standard InChI is InChI=1S/C11H10N4/c1-2-8-7-15-11(13-12-8)9-5-3-4-6-10(9)14-15/h3-7H,2H2,1H3. The van der Waals surface area contributed by atoms with Gasteiger partial charge in [-0.25, -0.2) is 4.52 Å². The molecular formula is C11H10N4. The van der Waals surface area contributed by atoms with Gasteiger partial charge in [-0.05, 0) is 18.6 Å². The van der Waals surface area contributed by atoms with Crippen molar-refractivity contribution in [3.8, 4) is 0 Å². The number of nitrogens with zero attached hydrogens (tertiary/aromatic N) is 4. The molecule has 4 heteroatoms. The molecule has 0 aliphatic heterocycles. The molecule has 0 fully saturated rings. The number of benzene rings is 1. The minimum atomic E-state index is 0.822. The minimum absolute atomic E-state index is 0.822. The zero-order valence-electron chi connectivity index (χ0n) is 8.38. The van der Waals surface area contributed by atoms with Gasteiger partial charge in [-0.15, -0.1) is 5.10 Å². The highest BCUT2D eigenvalue weighted by Gasteiger charge is 2.05. The topological polar surface area (TPSA) is 43.1 Å². The fourth-order valence-corrected chi connectivity index (χ4v) is 1.67. The maximum absolute atomic E-state index is 4.44. The summed E-state index contributed by atoms with van der Waals surface area (Å²) in [5.41, 5.74) is 2.73. The van der Waals surface area contributed by atoms with Crippen molar-refractivity contribution in [2.24, 2.45) is 0 Å². The summed E-state index contributed by atoms with van der Waals surface area (Å²) >= 11 is 0. The SMILES string of the molecule is CCc1cn2nc3ccccc3c2nn1. The highest BCUT2D eigenvalue weighted by Crippen LogP contribution is 2.16. The van der Waals surface area contributed by atoms with E-state index < -0.39 is 0 Å². The van der Waals surface area contributed by atoms with Crippen molar-refractivity contribution in [3.05, 3.63) is 36.2 Å². The number of aryl methyl sites for hydroxylation is 1. The Morgan fingerprint density at radius 1 is 1.20 bits per heavy atom. The van der Waals surface area contributed by atoms with Crippen LogP contribution in [0.15, 0.2) is 30.5 Å². The number of aromatic nitrogens is 4. The van der Waals surface area contributed by atoms with Crippen molar-refractivity contribution < 1.29 is 0 Å². The Kier molecular flexibility index (Phi) is 1.68. The maximum Gasteiger partial charge on any atom is 0.185 e. The monoisotopic (exact) mass is 198 g/mol. The average Bonchev–Trinajstić information content (AvgIpc) is 2.66. The van der Waals surface area contributed by atoms with Crippen LogP contribution in [0.25, 0.3) is 16.6 Å². The van der Waals surface area contributed by atoms with E-state index in [4.69, 9.17) is 0 Å².